The first-order valence-electron chi connectivity index (χ1n) is 10.5. The predicted molar refractivity (Wildman–Crippen MR) is 112 cm³/mol. The van der Waals surface area contributed by atoms with Crippen molar-refractivity contribution in [3.05, 3.63) is 47.3 Å². The van der Waals surface area contributed by atoms with Gasteiger partial charge in [0.25, 0.3) is 5.91 Å². The molecule has 156 valence electrons. The number of methoxy groups -OCH3 is 1. The third-order valence-corrected chi connectivity index (χ3v) is 6.12. The number of ether oxygens (including phenoxy) is 1. The molecule has 4 rings (SSSR count). The molecule has 1 aromatic carbocycles. The second-order valence-corrected chi connectivity index (χ2v) is 8.16. The molecule has 2 aromatic rings. The summed E-state index contributed by atoms with van der Waals surface area (Å²) in [7, 11) is 3.79. The van der Waals surface area contributed by atoms with Crippen LogP contribution in [0.5, 0.6) is 5.75 Å². The summed E-state index contributed by atoms with van der Waals surface area (Å²) in [5.74, 6) is 1.55. The van der Waals surface area contributed by atoms with Gasteiger partial charge in [0.1, 0.15) is 5.75 Å². The fourth-order valence-corrected chi connectivity index (χ4v) is 4.20. The number of rotatable bonds is 6. The van der Waals surface area contributed by atoms with Gasteiger partial charge in [-0.2, -0.15) is 5.10 Å². The zero-order valence-corrected chi connectivity index (χ0v) is 17.4. The Morgan fingerprint density at radius 3 is 2.66 bits per heavy atom. The number of nitrogens with zero attached hydrogens (tertiary/aromatic N) is 4. The maximum atomic E-state index is 13.0. The third-order valence-electron chi connectivity index (χ3n) is 6.12. The van der Waals surface area contributed by atoms with Crippen LogP contribution in [-0.4, -0.2) is 72.4 Å². The van der Waals surface area contributed by atoms with Crippen molar-refractivity contribution in [2.45, 2.75) is 25.9 Å². The Morgan fingerprint density at radius 1 is 1.17 bits per heavy atom. The maximum absolute atomic E-state index is 13.0. The minimum Gasteiger partial charge on any atom is -0.497 e. The van der Waals surface area contributed by atoms with E-state index in [0.717, 1.165) is 75.7 Å². The molecule has 0 unspecified atom stereocenters. The Balaban J connectivity index is 1.33. The summed E-state index contributed by atoms with van der Waals surface area (Å²) in [5.41, 5.74) is 3.16. The number of aromatic nitrogens is 2. The third kappa shape index (κ3) is 4.62. The number of piperazine rings is 1. The largest absolute Gasteiger partial charge is 0.497 e. The molecule has 1 atom stereocenters. The number of amides is 1. The molecule has 1 fully saturated rings. The monoisotopic (exact) mass is 397 g/mol. The highest BCUT2D eigenvalue weighted by Gasteiger charge is 2.28. The van der Waals surface area contributed by atoms with Gasteiger partial charge in [-0.05, 0) is 50.0 Å². The Kier molecular flexibility index (Phi) is 6.16. The summed E-state index contributed by atoms with van der Waals surface area (Å²) in [5, 5.41) is 8.07. The van der Waals surface area contributed by atoms with Crippen molar-refractivity contribution in [1.29, 1.82) is 0 Å². The number of carbonyl (C=O) groups is 1. The van der Waals surface area contributed by atoms with Crippen molar-refractivity contribution in [2.24, 2.45) is 5.92 Å². The number of aryl methyl sites for hydroxylation is 1. The van der Waals surface area contributed by atoms with Gasteiger partial charge in [-0.3, -0.25) is 9.48 Å². The lowest BCUT2D eigenvalue weighted by atomic mass is 9.94. The van der Waals surface area contributed by atoms with E-state index in [1.165, 1.54) is 5.56 Å². The van der Waals surface area contributed by atoms with Crippen molar-refractivity contribution >= 4 is 5.91 Å². The van der Waals surface area contributed by atoms with E-state index >= 15 is 0 Å². The van der Waals surface area contributed by atoms with Gasteiger partial charge in [0.15, 0.2) is 0 Å². The second-order valence-electron chi connectivity index (χ2n) is 8.16. The molecule has 0 saturated carbocycles. The van der Waals surface area contributed by atoms with Crippen molar-refractivity contribution < 1.29 is 9.53 Å². The van der Waals surface area contributed by atoms with E-state index < -0.39 is 0 Å². The Bertz CT molecular complexity index is 824. The molecule has 0 bridgehead atoms. The first kappa shape index (κ1) is 19.9. The van der Waals surface area contributed by atoms with Gasteiger partial charge in [0.05, 0.1) is 24.6 Å². The molecule has 2 aliphatic rings. The normalized spacial score (nSPS) is 19.8. The molecule has 2 aliphatic heterocycles. The summed E-state index contributed by atoms with van der Waals surface area (Å²) in [6.45, 7) is 6.15. The summed E-state index contributed by atoms with van der Waals surface area (Å²) < 4.78 is 7.24. The number of fused-ring (bicyclic) bond motifs is 1. The van der Waals surface area contributed by atoms with Crippen molar-refractivity contribution in [3.63, 3.8) is 0 Å². The molecule has 1 amide bonds. The van der Waals surface area contributed by atoms with Crippen LogP contribution in [0.15, 0.2) is 30.5 Å². The zero-order valence-electron chi connectivity index (χ0n) is 17.4. The molecule has 0 aliphatic carbocycles. The predicted octanol–water partition coefficient (Wildman–Crippen LogP) is 1.63. The highest BCUT2D eigenvalue weighted by atomic mass is 16.5. The molecule has 1 aromatic heterocycles. The fourth-order valence-electron chi connectivity index (χ4n) is 4.20. The van der Waals surface area contributed by atoms with E-state index in [0.29, 0.717) is 5.92 Å². The molecular formula is C22H31N5O2. The molecule has 7 nitrogen and oxygen atoms in total. The lowest BCUT2D eigenvalue weighted by molar-refractivity contribution is 0.0662. The van der Waals surface area contributed by atoms with Crippen LogP contribution >= 0.6 is 0 Å². The molecule has 7 heteroatoms. The van der Waals surface area contributed by atoms with Crippen LogP contribution < -0.4 is 10.1 Å². The number of hydrogen-bond donors (Lipinski definition) is 1. The van der Waals surface area contributed by atoms with Crippen LogP contribution in [0.4, 0.5) is 0 Å². The standard InChI is InChI=1S/C22H31N5O2/c1-25-9-11-26(12-10-25)22(28)20-16-24-27-8-7-18(13-21(20)27)15-23-14-17-3-5-19(29-2)6-4-17/h3-6,16,18,23H,7-15H2,1-2H3/t18-/m0/s1. The molecule has 3 heterocycles. The van der Waals surface area contributed by atoms with E-state index in [1.807, 2.05) is 21.7 Å². The number of carbonyl (C=O) groups excluding carboxylic acids is 1. The van der Waals surface area contributed by atoms with Crippen molar-refractivity contribution in [1.82, 2.24) is 24.9 Å². The van der Waals surface area contributed by atoms with Gasteiger partial charge in [-0.1, -0.05) is 12.1 Å². The Hall–Kier alpha value is -2.38. The molecule has 29 heavy (non-hydrogen) atoms. The Morgan fingerprint density at radius 2 is 1.93 bits per heavy atom. The van der Waals surface area contributed by atoms with Crippen LogP contribution in [0.2, 0.25) is 0 Å². The van der Waals surface area contributed by atoms with Crippen LogP contribution in [0, 0.1) is 5.92 Å². The second kappa shape index (κ2) is 8.97. The van der Waals surface area contributed by atoms with Gasteiger partial charge in [-0.25, -0.2) is 0 Å². The van der Waals surface area contributed by atoms with Crippen molar-refractivity contribution in [3.8, 4) is 5.75 Å². The van der Waals surface area contributed by atoms with Crippen LogP contribution in [0.1, 0.15) is 28.0 Å². The van der Waals surface area contributed by atoms with E-state index in [1.54, 1.807) is 13.3 Å². The van der Waals surface area contributed by atoms with Gasteiger partial charge < -0.3 is 19.9 Å². The molecular weight excluding hydrogens is 366 g/mol. The fraction of sp³-hybridized carbons (Fsp3) is 0.545. The molecule has 0 spiro atoms. The minimum atomic E-state index is 0.145. The highest BCUT2D eigenvalue weighted by molar-refractivity contribution is 5.95. The Labute approximate surface area is 172 Å². The van der Waals surface area contributed by atoms with Gasteiger partial charge >= 0.3 is 0 Å². The number of nitrogens with one attached hydrogen (secondary N) is 1. The SMILES string of the molecule is COc1ccc(CNC[C@H]2CCn3ncc(C(=O)N4CCN(C)CC4)c3C2)cc1. The topological polar surface area (TPSA) is 62.6 Å². The lowest BCUT2D eigenvalue weighted by Crippen LogP contribution is -2.47. The minimum absolute atomic E-state index is 0.145. The summed E-state index contributed by atoms with van der Waals surface area (Å²) in [6.07, 6.45) is 3.78. The van der Waals surface area contributed by atoms with Gasteiger partial charge in [0, 0.05) is 39.3 Å². The molecule has 1 saturated heterocycles. The smallest absolute Gasteiger partial charge is 0.257 e. The van der Waals surface area contributed by atoms with Crippen LogP contribution in [0.3, 0.4) is 0 Å². The van der Waals surface area contributed by atoms with Gasteiger partial charge in [-0.15, -0.1) is 0 Å². The quantitative estimate of drug-likeness (QED) is 0.803. The maximum Gasteiger partial charge on any atom is 0.257 e. The lowest BCUT2D eigenvalue weighted by Gasteiger charge is -2.32. The molecule has 1 N–H and O–H groups in total. The zero-order chi connectivity index (χ0) is 20.2. The summed E-state index contributed by atoms with van der Waals surface area (Å²) in [4.78, 5) is 17.3. The van der Waals surface area contributed by atoms with Gasteiger partial charge in [0.2, 0.25) is 0 Å². The molecule has 0 radical (unpaired) electrons. The highest BCUT2D eigenvalue weighted by Crippen LogP contribution is 2.24. The van der Waals surface area contributed by atoms with E-state index in [4.69, 9.17) is 4.74 Å². The average Bonchev–Trinajstić information content (AvgIpc) is 3.17. The van der Waals surface area contributed by atoms with E-state index in [9.17, 15) is 4.79 Å². The van der Waals surface area contributed by atoms with Crippen molar-refractivity contribution in [2.75, 3.05) is 46.9 Å². The summed E-state index contributed by atoms with van der Waals surface area (Å²) in [6, 6.07) is 8.17. The van der Waals surface area contributed by atoms with Crippen LogP contribution in [0.25, 0.3) is 0 Å². The average molecular weight is 398 g/mol. The first-order chi connectivity index (χ1) is 14.1. The van der Waals surface area contributed by atoms with E-state index in [-0.39, 0.29) is 5.91 Å². The number of likely N-dealkylation sites (N-methyl/N-ethyl adjacent to an activating group) is 1. The summed E-state index contributed by atoms with van der Waals surface area (Å²) >= 11 is 0. The number of hydrogen-bond acceptors (Lipinski definition) is 5. The first-order valence-corrected chi connectivity index (χ1v) is 10.5. The van der Waals surface area contributed by atoms with E-state index in [2.05, 4.69) is 34.5 Å². The number of benzene rings is 1. The van der Waals surface area contributed by atoms with Crippen LogP contribution in [-0.2, 0) is 19.5 Å².